The van der Waals surface area contributed by atoms with Crippen LogP contribution in [0.15, 0.2) is 45.7 Å². The number of fused-ring (bicyclic) bond motifs is 1. The Kier molecular flexibility index (Phi) is 4.42. The number of alkyl halides is 1. The molecule has 0 amide bonds. The van der Waals surface area contributed by atoms with Crippen molar-refractivity contribution >= 4 is 27.9 Å². The van der Waals surface area contributed by atoms with Crippen LogP contribution in [0.2, 0.25) is 0 Å². The first kappa shape index (κ1) is 19.3. The molecule has 6 rings (SSSR count). The van der Waals surface area contributed by atoms with Gasteiger partial charge in [0.25, 0.3) is 5.89 Å². The molecule has 1 unspecified atom stereocenters. The fourth-order valence-corrected chi connectivity index (χ4v) is 4.53. The fourth-order valence-electron chi connectivity index (χ4n) is 4.12. The number of aromatic amines is 1. The Hall–Kier alpha value is -3.41. The first-order valence-corrected chi connectivity index (χ1v) is 10.8. The SMILES string of the molecule is FC1(c2cn[nH]n2)CN(c2nnc(-c3cnc(NC4Cc5ccc(Br)cc5C4)nc3)o2)C1. The van der Waals surface area contributed by atoms with E-state index in [-0.39, 0.29) is 36.7 Å². The zero-order valence-electron chi connectivity index (χ0n) is 16.7. The molecular weight excluding hydrogens is 481 g/mol. The molecule has 4 aromatic rings. The average Bonchev–Trinajstić information content (AvgIpc) is 3.52. The summed E-state index contributed by atoms with van der Waals surface area (Å²) in [5.74, 6) is 0.824. The van der Waals surface area contributed by atoms with Gasteiger partial charge >= 0.3 is 6.01 Å². The van der Waals surface area contributed by atoms with Gasteiger partial charge in [0.05, 0.1) is 24.8 Å². The molecule has 162 valence electrons. The van der Waals surface area contributed by atoms with E-state index < -0.39 is 5.67 Å². The molecule has 10 nitrogen and oxygen atoms in total. The highest BCUT2D eigenvalue weighted by molar-refractivity contribution is 9.10. The number of hydrogen-bond donors (Lipinski definition) is 2. The lowest BCUT2D eigenvalue weighted by Crippen LogP contribution is -2.57. The van der Waals surface area contributed by atoms with Gasteiger partial charge in [-0.05, 0) is 36.1 Å². The van der Waals surface area contributed by atoms with E-state index in [9.17, 15) is 4.39 Å². The number of H-pyrrole nitrogens is 1. The number of hydrogen-bond acceptors (Lipinski definition) is 9. The molecule has 3 aromatic heterocycles. The van der Waals surface area contributed by atoms with E-state index >= 15 is 0 Å². The van der Waals surface area contributed by atoms with Gasteiger partial charge in [0.1, 0.15) is 5.69 Å². The van der Waals surface area contributed by atoms with Crippen molar-refractivity contribution in [2.24, 2.45) is 0 Å². The number of aromatic nitrogens is 7. The van der Waals surface area contributed by atoms with Crippen LogP contribution < -0.4 is 10.2 Å². The van der Waals surface area contributed by atoms with Crippen LogP contribution in [0.3, 0.4) is 0 Å². The predicted molar refractivity (Wildman–Crippen MR) is 116 cm³/mol. The molecule has 1 aromatic carbocycles. The topological polar surface area (TPSA) is 122 Å². The Morgan fingerprint density at radius 1 is 1.12 bits per heavy atom. The quantitative estimate of drug-likeness (QED) is 0.428. The minimum absolute atomic E-state index is 0.0703. The lowest BCUT2D eigenvalue weighted by molar-refractivity contribution is 0.109. The summed E-state index contributed by atoms with van der Waals surface area (Å²) in [6, 6.07) is 6.86. The summed E-state index contributed by atoms with van der Waals surface area (Å²) in [5, 5.41) is 21.4. The van der Waals surface area contributed by atoms with Crippen molar-refractivity contribution in [3.63, 3.8) is 0 Å². The minimum Gasteiger partial charge on any atom is -0.403 e. The standard InChI is InChI=1S/C20H17BrFN9O/c21-14-2-1-11-4-15(5-12(11)3-14)26-18-23-6-13(7-24-18)17-28-29-19(32-17)31-9-20(22,10-31)16-8-25-30-27-16/h1-3,6-8,15H,4-5,9-10H2,(H,23,24,26)(H,25,27,30). The number of halogens is 2. The highest BCUT2D eigenvalue weighted by Crippen LogP contribution is 2.37. The number of benzene rings is 1. The third-order valence-electron chi connectivity index (χ3n) is 5.77. The molecular formula is C20H17BrFN9O. The number of anilines is 2. The molecule has 1 aliphatic carbocycles. The van der Waals surface area contributed by atoms with Gasteiger partial charge in [-0.3, -0.25) is 0 Å². The van der Waals surface area contributed by atoms with E-state index in [1.54, 1.807) is 17.3 Å². The van der Waals surface area contributed by atoms with Crippen molar-refractivity contribution in [3.8, 4) is 11.5 Å². The molecule has 0 bridgehead atoms. The van der Waals surface area contributed by atoms with Crippen LogP contribution in [0.1, 0.15) is 16.8 Å². The van der Waals surface area contributed by atoms with Gasteiger partial charge < -0.3 is 14.6 Å². The van der Waals surface area contributed by atoms with E-state index in [4.69, 9.17) is 4.42 Å². The molecule has 0 saturated carbocycles. The summed E-state index contributed by atoms with van der Waals surface area (Å²) in [7, 11) is 0. The van der Waals surface area contributed by atoms with Gasteiger partial charge in [-0.15, -0.1) is 5.10 Å². The van der Waals surface area contributed by atoms with E-state index in [0.717, 1.165) is 17.3 Å². The Bertz CT molecular complexity index is 1250. The maximum atomic E-state index is 14.8. The molecule has 1 saturated heterocycles. The molecule has 1 aliphatic heterocycles. The van der Waals surface area contributed by atoms with Gasteiger partial charge in [-0.25, -0.2) is 14.4 Å². The maximum Gasteiger partial charge on any atom is 0.318 e. The lowest BCUT2D eigenvalue weighted by Gasteiger charge is -2.41. The van der Waals surface area contributed by atoms with Crippen LogP contribution in [-0.2, 0) is 18.5 Å². The molecule has 1 atom stereocenters. The highest BCUT2D eigenvalue weighted by Gasteiger charge is 2.49. The van der Waals surface area contributed by atoms with E-state index in [2.05, 4.69) is 75.0 Å². The number of rotatable bonds is 5. The van der Waals surface area contributed by atoms with Crippen molar-refractivity contribution < 1.29 is 8.81 Å². The third-order valence-corrected chi connectivity index (χ3v) is 6.27. The molecule has 2 aliphatic rings. The van der Waals surface area contributed by atoms with Gasteiger partial charge in [-0.1, -0.05) is 27.1 Å². The molecule has 12 heteroatoms. The monoisotopic (exact) mass is 497 g/mol. The Balaban J connectivity index is 1.09. The third kappa shape index (κ3) is 3.40. The van der Waals surface area contributed by atoms with Crippen molar-refractivity contribution in [2.45, 2.75) is 24.6 Å². The molecule has 0 spiro atoms. The maximum absolute atomic E-state index is 14.8. The molecule has 1 fully saturated rings. The first-order valence-electron chi connectivity index (χ1n) is 10.1. The molecule has 4 heterocycles. The number of nitrogens with one attached hydrogen (secondary N) is 2. The van der Waals surface area contributed by atoms with Crippen LogP contribution in [0.4, 0.5) is 16.4 Å². The van der Waals surface area contributed by atoms with E-state index in [0.29, 0.717) is 11.5 Å². The van der Waals surface area contributed by atoms with Gasteiger partial charge in [0.2, 0.25) is 5.95 Å². The van der Waals surface area contributed by atoms with Crippen molar-refractivity contribution in [2.75, 3.05) is 23.3 Å². The van der Waals surface area contributed by atoms with Crippen LogP contribution in [0, 0.1) is 0 Å². The summed E-state index contributed by atoms with van der Waals surface area (Å²) >= 11 is 3.52. The normalized spacial score (nSPS) is 18.9. The summed E-state index contributed by atoms with van der Waals surface area (Å²) < 4.78 is 21.6. The largest absolute Gasteiger partial charge is 0.403 e. The zero-order valence-corrected chi connectivity index (χ0v) is 18.3. The second-order valence-corrected chi connectivity index (χ2v) is 8.94. The van der Waals surface area contributed by atoms with Gasteiger partial charge in [0, 0.05) is 22.9 Å². The van der Waals surface area contributed by atoms with Crippen LogP contribution >= 0.6 is 15.9 Å². The summed E-state index contributed by atoms with van der Waals surface area (Å²) in [6.45, 7) is 0.141. The van der Waals surface area contributed by atoms with Crippen LogP contribution in [0.5, 0.6) is 0 Å². The lowest BCUT2D eigenvalue weighted by atomic mass is 9.94. The van der Waals surface area contributed by atoms with Gasteiger partial charge in [0.15, 0.2) is 5.67 Å². The smallest absolute Gasteiger partial charge is 0.318 e. The average molecular weight is 498 g/mol. The second-order valence-electron chi connectivity index (χ2n) is 8.02. The van der Waals surface area contributed by atoms with E-state index in [1.165, 1.54) is 17.3 Å². The van der Waals surface area contributed by atoms with Crippen LogP contribution in [0.25, 0.3) is 11.5 Å². The summed E-state index contributed by atoms with van der Waals surface area (Å²) in [5.41, 5.74) is 1.96. The summed E-state index contributed by atoms with van der Waals surface area (Å²) in [6.07, 6.45) is 6.51. The minimum atomic E-state index is -1.58. The van der Waals surface area contributed by atoms with E-state index in [1.807, 2.05) is 0 Å². The Morgan fingerprint density at radius 3 is 2.72 bits per heavy atom. The molecule has 2 N–H and O–H groups in total. The van der Waals surface area contributed by atoms with Crippen LogP contribution in [-0.4, -0.2) is 54.7 Å². The predicted octanol–water partition coefficient (Wildman–Crippen LogP) is 2.67. The first-order chi connectivity index (χ1) is 15.6. The Labute approximate surface area is 189 Å². The molecule has 32 heavy (non-hydrogen) atoms. The molecule has 0 radical (unpaired) electrons. The Morgan fingerprint density at radius 2 is 1.94 bits per heavy atom. The zero-order chi connectivity index (χ0) is 21.7. The highest BCUT2D eigenvalue weighted by atomic mass is 79.9. The number of nitrogens with zero attached hydrogens (tertiary/aromatic N) is 7. The fraction of sp³-hybridized carbons (Fsp3) is 0.300. The van der Waals surface area contributed by atoms with Crippen molar-refractivity contribution in [3.05, 3.63) is 58.1 Å². The van der Waals surface area contributed by atoms with Gasteiger partial charge in [-0.2, -0.15) is 15.4 Å². The summed E-state index contributed by atoms with van der Waals surface area (Å²) in [4.78, 5) is 10.4. The van der Waals surface area contributed by atoms with Crippen molar-refractivity contribution in [1.82, 2.24) is 35.6 Å². The second kappa shape index (κ2) is 7.33. The van der Waals surface area contributed by atoms with Crippen molar-refractivity contribution in [1.29, 1.82) is 0 Å².